The largest absolute Gasteiger partial charge is 0.480 e. The van der Waals surface area contributed by atoms with E-state index >= 15 is 0 Å². The van der Waals surface area contributed by atoms with Crippen molar-refractivity contribution >= 4 is 33.7 Å². The number of likely N-dealkylation sites (tertiary alicyclic amines) is 1. The molecule has 7 heteroatoms. The summed E-state index contributed by atoms with van der Waals surface area (Å²) < 4.78 is 0.885. The van der Waals surface area contributed by atoms with Crippen LogP contribution in [0.25, 0.3) is 0 Å². The number of carboxylic acid groups (broad SMARTS) is 1. The van der Waals surface area contributed by atoms with Gasteiger partial charge in [0.15, 0.2) is 0 Å². The van der Waals surface area contributed by atoms with Gasteiger partial charge in [-0.1, -0.05) is 41.9 Å². The van der Waals surface area contributed by atoms with Crippen molar-refractivity contribution in [3.8, 4) is 0 Å². The highest BCUT2D eigenvalue weighted by Gasteiger charge is 2.38. The number of benzene rings is 1. The minimum atomic E-state index is -0.992. The normalized spacial score (nSPS) is 18.2. The van der Waals surface area contributed by atoms with Crippen LogP contribution in [0.3, 0.4) is 0 Å². The van der Waals surface area contributed by atoms with E-state index < -0.39 is 18.1 Å². The summed E-state index contributed by atoms with van der Waals surface area (Å²) in [4.78, 5) is 37.8. The fourth-order valence-corrected chi connectivity index (χ4v) is 3.48. The van der Waals surface area contributed by atoms with E-state index in [1.54, 1.807) is 0 Å². The molecule has 2 N–H and O–H groups in total. The Morgan fingerprint density at radius 3 is 2.68 bits per heavy atom. The lowest BCUT2D eigenvalue weighted by Gasteiger charge is -2.29. The second-order valence-electron chi connectivity index (χ2n) is 6.62. The minimum Gasteiger partial charge on any atom is -0.480 e. The lowest BCUT2D eigenvalue weighted by Crippen LogP contribution is -2.54. The molecule has 1 aromatic rings. The Hall–Kier alpha value is -1.89. The number of nitrogens with zero attached hydrogens (tertiary/aromatic N) is 1. The molecule has 0 aromatic heterocycles. The van der Waals surface area contributed by atoms with E-state index in [2.05, 4.69) is 21.2 Å². The van der Waals surface area contributed by atoms with Gasteiger partial charge in [-0.05, 0) is 36.5 Å². The molecule has 0 spiro atoms. The maximum absolute atomic E-state index is 12.8. The summed E-state index contributed by atoms with van der Waals surface area (Å²) in [7, 11) is 0. The summed E-state index contributed by atoms with van der Waals surface area (Å²) in [6.45, 7) is 4.10. The Morgan fingerprint density at radius 1 is 1.36 bits per heavy atom. The van der Waals surface area contributed by atoms with Gasteiger partial charge in [-0.2, -0.15) is 0 Å². The summed E-state index contributed by atoms with van der Waals surface area (Å²) in [6, 6.07) is 5.90. The Bertz CT molecular complexity index is 662. The number of amides is 2. The molecule has 1 aliphatic heterocycles. The average Bonchev–Trinajstić information content (AvgIpc) is 3.01. The first-order valence-electron chi connectivity index (χ1n) is 8.36. The number of halogens is 1. The highest BCUT2D eigenvalue weighted by Crippen LogP contribution is 2.20. The van der Waals surface area contributed by atoms with Gasteiger partial charge in [-0.25, -0.2) is 4.79 Å². The number of carboxylic acids is 1. The zero-order valence-corrected chi connectivity index (χ0v) is 16.0. The van der Waals surface area contributed by atoms with Gasteiger partial charge >= 0.3 is 5.97 Å². The van der Waals surface area contributed by atoms with Crippen LogP contribution < -0.4 is 5.32 Å². The summed E-state index contributed by atoms with van der Waals surface area (Å²) >= 11 is 3.37. The summed E-state index contributed by atoms with van der Waals surface area (Å²) in [6.07, 6.45) is 1.29. The summed E-state index contributed by atoms with van der Waals surface area (Å²) in [5.74, 6) is -1.69. The number of nitrogens with one attached hydrogen (secondary N) is 1. The first-order chi connectivity index (χ1) is 11.8. The van der Waals surface area contributed by atoms with Gasteiger partial charge in [0.25, 0.3) is 0 Å². The first-order valence-corrected chi connectivity index (χ1v) is 9.16. The van der Waals surface area contributed by atoms with Crippen molar-refractivity contribution in [2.24, 2.45) is 5.92 Å². The van der Waals surface area contributed by atoms with Crippen molar-refractivity contribution < 1.29 is 19.5 Å². The molecule has 1 heterocycles. The second kappa shape index (κ2) is 8.47. The van der Waals surface area contributed by atoms with Crippen molar-refractivity contribution in [1.29, 1.82) is 0 Å². The van der Waals surface area contributed by atoms with Crippen LogP contribution in [0.2, 0.25) is 0 Å². The maximum atomic E-state index is 12.8. The van der Waals surface area contributed by atoms with Crippen LogP contribution in [0, 0.1) is 5.92 Å². The zero-order chi connectivity index (χ0) is 18.6. The molecular weight excluding hydrogens is 388 g/mol. The van der Waals surface area contributed by atoms with Gasteiger partial charge in [0.1, 0.15) is 12.1 Å². The molecule has 25 heavy (non-hydrogen) atoms. The standard InChI is InChI=1S/C18H23BrN2O4/c1-11(2)16(17(23)21-8-4-7-14(21)18(24)25)20-15(22)10-12-5-3-6-13(19)9-12/h3,5-6,9,11,14,16H,4,7-8,10H2,1-2H3,(H,20,22)(H,24,25)/t14-,16?/m0/s1. The Labute approximate surface area is 155 Å². The van der Waals surface area contributed by atoms with Gasteiger partial charge in [0.05, 0.1) is 6.42 Å². The second-order valence-corrected chi connectivity index (χ2v) is 7.54. The van der Waals surface area contributed by atoms with Crippen molar-refractivity contribution in [3.63, 3.8) is 0 Å². The van der Waals surface area contributed by atoms with Gasteiger partial charge in [-0.15, -0.1) is 0 Å². The lowest BCUT2D eigenvalue weighted by atomic mass is 10.0. The summed E-state index contributed by atoms with van der Waals surface area (Å²) in [5, 5.41) is 12.1. The first kappa shape index (κ1) is 19.4. The van der Waals surface area contributed by atoms with Gasteiger partial charge < -0.3 is 15.3 Å². The van der Waals surface area contributed by atoms with E-state index in [0.29, 0.717) is 19.4 Å². The smallest absolute Gasteiger partial charge is 0.326 e. The SMILES string of the molecule is CC(C)C(NC(=O)Cc1cccc(Br)c1)C(=O)N1CCC[C@H]1C(=O)O. The fraction of sp³-hybridized carbons (Fsp3) is 0.500. The van der Waals surface area contributed by atoms with Crippen molar-refractivity contribution in [2.45, 2.75) is 45.2 Å². The molecule has 0 bridgehead atoms. The topological polar surface area (TPSA) is 86.7 Å². The van der Waals surface area contributed by atoms with Crippen molar-refractivity contribution in [2.75, 3.05) is 6.54 Å². The van der Waals surface area contributed by atoms with Crippen LogP contribution in [0.5, 0.6) is 0 Å². The Morgan fingerprint density at radius 2 is 2.08 bits per heavy atom. The molecule has 1 fully saturated rings. The van der Waals surface area contributed by atoms with Gasteiger partial charge in [0.2, 0.25) is 11.8 Å². The van der Waals surface area contributed by atoms with E-state index in [4.69, 9.17) is 0 Å². The number of hydrogen-bond donors (Lipinski definition) is 2. The molecule has 0 radical (unpaired) electrons. The molecule has 1 aliphatic rings. The Kier molecular flexibility index (Phi) is 6.58. The molecule has 0 saturated carbocycles. The van der Waals surface area contributed by atoms with Crippen LogP contribution in [-0.2, 0) is 20.8 Å². The molecule has 1 aromatic carbocycles. The molecule has 1 saturated heterocycles. The van der Waals surface area contributed by atoms with Crippen molar-refractivity contribution in [3.05, 3.63) is 34.3 Å². The summed E-state index contributed by atoms with van der Waals surface area (Å²) in [5.41, 5.74) is 0.839. The molecule has 0 aliphatic carbocycles. The lowest BCUT2D eigenvalue weighted by molar-refractivity contribution is -0.149. The van der Waals surface area contributed by atoms with Gasteiger partial charge in [0, 0.05) is 11.0 Å². The average molecular weight is 411 g/mol. The third kappa shape index (κ3) is 5.04. The van der Waals surface area contributed by atoms with Gasteiger partial charge in [-0.3, -0.25) is 9.59 Å². The maximum Gasteiger partial charge on any atom is 0.326 e. The van der Waals surface area contributed by atoms with Crippen molar-refractivity contribution in [1.82, 2.24) is 10.2 Å². The number of carbonyl (C=O) groups excluding carboxylic acids is 2. The monoisotopic (exact) mass is 410 g/mol. The molecule has 136 valence electrons. The third-order valence-corrected chi connectivity index (χ3v) is 4.82. The molecule has 2 amide bonds. The molecule has 2 rings (SSSR count). The molecular formula is C18H23BrN2O4. The number of rotatable bonds is 6. The van der Waals surface area contributed by atoms with E-state index in [1.807, 2.05) is 38.1 Å². The van der Waals surface area contributed by atoms with Crippen LogP contribution in [-0.4, -0.2) is 46.4 Å². The van der Waals surface area contributed by atoms with E-state index in [-0.39, 0.29) is 24.2 Å². The molecule has 1 unspecified atom stereocenters. The fourth-order valence-electron chi connectivity index (χ4n) is 3.04. The van der Waals surface area contributed by atoms with Crippen LogP contribution in [0.4, 0.5) is 0 Å². The van der Waals surface area contributed by atoms with E-state index in [1.165, 1.54) is 4.90 Å². The highest BCUT2D eigenvalue weighted by molar-refractivity contribution is 9.10. The zero-order valence-electron chi connectivity index (χ0n) is 14.4. The molecule has 2 atom stereocenters. The minimum absolute atomic E-state index is 0.131. The number of aliphatic carboxylic acids is 1. The Balaban J connectivity index is 2.06. The predicted octanol–water partition coefficient (Wildman–Crippen LogP) is 2.21. The van der Waals surface area contributed by atoms with Crippen LogP contribution in [0.1, 0.15) is 32.3 Å². The quantitative estimate of drug-likeness (QED) is 0.752. The third-order valence-electron chi connectivity index (χ3n) is 4.32. The van der Waals surface area contributed by atoms with E-state index in [9.17, 15) is 19.5 Å². The number of hydrogen-bond acceptors (Lipinski definition) is 3. The van der Waals surface area contributed by atoms with E-state index in [0.717, 1.165) is 10.0 Å². The highest BCUT2D eigenvalue weighted by atomic mass is 79.9. The van der Waals surface area contributed by atoms with Crippen LogP contribution >= 0.6 is 15.9 Å². The van der Waals surface area contributed by atoms with Crippen LogP contribution in [0.15, 0.2) is 28.7 Å². The predicted molar refractivity (Wildman–Crippen MR) is 97.0 cm³/mol. The number of carbonyl (C=O) groups is 3. The molecule has 6 nitrogen and oxygen atoms in total.